The number of hydrogen-bond acceptors (Lipinski definition) is 5. The molecule has 7 heteroatoms. The van der Waals surface area contributed by atoms with Crippen LogP contribution in [0.4, 0.5) is 5.69 Å². The Morgan fingerprint density at radius 3 is 2.66 bits per heavy atom. The van der Waals surface area contributed by atoms with Gasteiger partial charge in [0.25, 0.3) is 5.69 Å². The number of rotatable bonds is 6. The Labute approximate surface area is 174 Å². The number of nitrogens with zero attached hydrogens (tertiary/aromatic N) is 2. The van der Waals surface area contributed by atoms with E-state index in [1.807, 2.05) is 12.1 Å². The van der Waals surface area contributed by atoms with Gasteiger partial charge in [0.2, 0.25) is 0 Å². The Morgan fingerprint density at radius 1 is 1.17 bits per heavy atom. The molecule has 0 aromatic heterocycles. The lowest BCUT2D eigenvalue weighted by Gasteiger charge is -2.38. The van der Waals surface area contributed by atoms with Crippen LogP contribution in [0.5, 0.6) is 5.75 Å². The molecule has 0 bridgehead atoms. The summed E-state index contributed by atoms with van der Waals surface area (Å²) in [5, 5.41) is 11.8. The summed E-state index contributed by atoms with van der Waals surface area (Å²) >= 11 is 6.27. The molecule has 0 N–H and O–H groups in total. The van der Waals surface area contributed by atoms with Crippen molar-refractivity contribution in [3.05, 3.63) is 68.7 Å². The van der Waals surface area contributed by atoms with Crippen LogP contribution < -0.4 is 4.74 Å². The Hall–Kier alpha value is -2.44. The number of halogens is 1. The highest BCUT2D eigenvalue weighted by Crippen LogP contribution is 2.44. The number of carbonyl (C=O) groups is 1. The van der Waals surface area contributed by atoms with Gasteiger partial charge in [0.15, 0.2) is 5.78 Å². The van der Waals surface area contributed by atoms with Gasteiger partial charge in [-0.3, -0.25) is 14.9 Å². The number of piperidine rings is 1. The van der Waals surface area contributed by atoms with E-state index in [-0.39, 0.29) is 22.6 Å². The molecule has 2 aliphatic rings. The third kappa shape index (κ3) is 4.14. The predicted molar refractivity (Wildman–Crippen MR) is 111 cm³/mol. The number of para-hydroxylation sites is 2. The van der Waals surface area contributed by atoms with Crippen molar-refractivity contribution in [2.45, 2.75) is 37.7 Å². The van der Waals surface area contributed by atoms with Gasteiger partial charge >= 0.3 is 0 Å². The monoisotopic (exact) mass is 414 g/mol. The molecule has 2 heterocycles. The maximum atomic E-state index is 12.4. The third-order valence-electron chi connectivity index (χ3n) is 5.93. The number of likely N-dealkylation sites (tertiary alicyclic amines) is 1. The van der Waals surface area contributed by atoms with Crippen LogP contribution in [0.15, 0.2) is 42.5 Å². The number of carbonyl (C=O) groups excluding carboxylic acids is 1. The molecule has 0 aliphatic carbocycles. The lowest BCUT2D eigenvalue weighted by Crippen LogP contribution is -2.47. The second-order valence-corrected chi connectivity index (χ2v) is 8.24. The van der Waals surface area contributed by atoms with Crippen LogP contribution in [0.3, 0.4) is 0 Å². The first-order chi connectivity index (χ1) is 14.0. The highest BCUT2D eigenvalue weighted by Gasteiger charge is 2.42. The molecule has 0 saturated carbocycles. The number of Topliss-reactive ketones (excluding diaryl/α,β-unsaturated/α-hetero) is 1. The maximum absolute atomic E-state index is 12.4. The van der Waals surface area contributed by atoms with Gasteiger partial charge in [0.05, 0.1) is 15.5 Å². The van der Waals surface area contributed by atoms with Crippen molar-refractivity contribution in [3.8, 4) is 5.75 Å². The van der Waals surface area contributed by atoms with Gasteiger partial charge < -0.3 is 9.64 Å². The third-order valence-corrected chi connectivity index (χ3v) is 6.22. The molecular weight excluding hydrogens is 392 g/mol. The predicted octanol–water partition coefficient (Wildman–Crippen LogP) is 4.68. The number of nitro groups is 1. The summed E-state index contributed by atoms with van der Waals surface area (Å²) in [7, 11) is 0. The summed E-state index contributed by atoms with van der Waals surface area (Å²) < 4.78 is 6.27. The molecule has 2 aromatic carbocycles. The Kier molecular flexibility index (Phi) is 5.56. The molecule has 1 spiro atoms. The van der Waals surface area contributed by atoms with E-state index < -0.39 is 4.92 Å². The summed E-state index contributed by atoms with van der Waals surface area (Å²) in [5.74, 6) is 0.660. The van der Waals surface area contributed by atoms with Gasteiger partial charge in [-0.25, -0.2) is 0 Å². The van der Waals surface area contributed by atoms with Crippen LogP contribution >= 0.6 is 11.6 Å². The van der Waals surface area contributed by atoms with Crippen LogP contribution in [-0.4, -0.2) is 40.8 Å². The largest absolute Gasteiger partial charge is 0.485 e. The summed E-state index contributed by atoms with van der Waals surface area (Å²) in [6.45, 7) is 2.62. The zero-order chi connectivity index (χ0) is 20.4. The van der Waals surface area contributed by atoms with Crippen LogP contribution in [0.25, 0.3) is 0 Å². The number of benzene rings is 2. The maximum Gasteiger partial charge on any atom is 0.280 e. The molecular formula is C22H23ClN2O4. The van der Waals surface area contributed by atoms with Gasteiger partial charge in [0.1, 0.15) is 11.4 Å². The minimum Gasteiger partial charge on any atom is -0.485 e. The topological polar surface area (TPSA) is 72.7 Å². The number of hydrogen-bond donors (Lipinski definition) is 0. The highest BCUT2D eigenvalue weighted by atomic mass is 35.5. The average Bonchev–Trinajstić information content (AvgIpc) is 3.09. The summed E-state index contributed by atoms with van der Waals surface area (Å²) in [4.78, 5) is 25.4. The molecule has 6 nitrogen and oxygen atoms in total. The van der Waals surface area contributed by atoms with Gasteiger partial charge in [-0.1, -0.05) is 35.9 Å². The first-order valence-corrected chi connectivity index (χ1v) is 10.3. The molecule has 1 fully saturated rings. The lowest BCUT2D eigenvalue weighted by atomic mass is 9.87. The minimum atomic E-state index is -0.497. The van der Waals surface area contributed by atoms with Crippen LogP contribution in [0.1, 0.15) is 41.6 Å². The molecule has 4 rings (SSSR count). The molecule has 1 saturated heterocycles. The van der Waals surface area contributed by atoms with E-state index in [1.54, 1.807) is 12.1 Å². The number of fused-ring (bicyclic) bond motifs is 1. The SMILES string of the molecule is O=C(CCCN1CCC2(CC1)Cc1cccc(Cl)c1O2)c1ccccc1[N+](=O)[O-]. The summed E-state index contributed by atoms with van der Waals surface area (Å²) in [6, 6.07) is 12.1. The van der Waals surface area contributed by atoms with Crippen molar-refractivity contribution in [3.63, 3.8) is 0 Å². The minimum absolute atomic E-state index is 0.117. The molecule has 29 heavy (non-hydrogen) atoms. The summed E-state index contributed by atoms with van der Waals surface area (Å²) in [5.41, 5.74) is 1.10. The fraction of sp³-hybridized carbons (Fsp3) is 0.409. The Bertz CT molecular complexity index is 938. The van der Waals surface area contributed by atoms with Crippen LogP contribution in [0.2, 0.25) is 5.02 Å². The molecule has 152 valence electrons. The first kappa shape index (κ1) is 19.9. The second kappa shape index (κ2) is 8.13. The number of ether oxygens (including phenoxy) is 1. The van der Waals surface area contributed by atoms with Crippen molar-refractivity contribution >= 4 is 23.1 Å². The molecule has 2 aliphatic heterocycles. The van der Waals surface area contributed by atoms with Crippen molar-refractivity contribution in [1.29, 1.82) is 0 Å². The Morgan fingerprint density at radius 2 is 1.93 bits per heavy atom. The van der Waals surface area contributed by atoms with E-state index >= 15 is 0 Å². The average molecular weight is 415 g/mol. The fourth-order valence-electron chi connectivity index (χ4n) is 4.34. The zero-order valence-corrected chi connectivity index (χ0v) is 16.9. The second-order valence-electron chi connectivity index (χ2n) is 7.83. The van der Waals surface area contributed by atoms with Crippen molar-refractivity contribution in [2.75, 3.05) is 19.6 Å². The molecule has 2 aromatic rings. The molecule has 0 unspecified atom stereocenters. The van der Waals surface area contributed by atoms with Crippen molar-refractivity contribution < 1.29 is 14.5 Å². The van der Waals surface area contributed by atoms with E-state index in [1.165, 1.54) is 17.7 Å². The molecule has 0 amide bonds. The first-order valence-electron chi connectivity index (χ1n) is 9.93. The zero-order valence-electron chi connectivity index (χ0n) is 16.1. The van der Waals surface area contributed by atoms with Gasteiger partial charge in [-0.2, -0.15) is 0 Å². The fourth-order valence-corrected chi connectivity index (χ4v) is 4.57. The van der Waals surface area contributed by atoms with Gasteiger partial charge in [-0.05, 0) is 30.7 Å². The summed E-state index contributed by atoms with van der Waals surface area (Å²) in [6.07, 6.45) is 3.74. The van der Waals surface area contributed by atoms with E-state index in [2.05, 4.69) is 11.0 Å². The highest BCUT2D eigenvalue weighted by molar-refractivity contribution is 6.32. The van der Waals surface area contributed by atoms with E-state index in [0.717, 1.165) is 44.6 Å². The standard InChI is InChI=1S/C22H23ClN2O4/c23-18-7-3-5-16-15-22(29-21(16)18)10-13-24(14-11-22)12-4-9-20(26)17-6-1-2-8-19(17)25(27)28/h1-3,5-8H,4,9-15H2. The van der Waals surface area contributed by atoms with E-state index in [9.17, 15) is 14.9 Å². The number of ketones is 1. The van der Waals surface area contributed by atoms with E-state index in [4.69, 9.17) is 16.3 Å². The van der Waals surface area contributed by atoms with Gasteiger partial charge in [-0.15, -0.1) is 0 Å². The normalized spacial score (nSPS) is 17.7. The molecule has 0 radical (unpaired) electrons. The lowest BCUT2D eigenvalue weighted by molar-refractivity contribution is -0.385. The number of nitro benzene ring substituents is 1. The van der Waals surface area contributed by atoms with Crippen LogP contribution in [0, 0.1) is 10.1 Å². The molecule has 0 atom stereocenters. The van der Waals surface area contributed by atoms with E-state index in [0.29, 0.717) is 17.9 Å². The van der Waals surface area contributed by atoms with Crippen molar-refractivity contribution in [1.82, 2.24) is 4.90 Å². The van der Waals surface area contributed by atoms with Crippen LogP contribution in [-0.2, 0) is 6.42 Å². The Balaban J connectivity index is 1.27. The quantitative estimate of drug-likeness (QED) is 0.390. The van der Waals surface area contributed by atoms with Gasteiger partial charge in [0, 0.05) is 44.8 Å². The smallest absolute Gasteiger partial charge is 0.280 e. The van der Waals surface area contributed by atoms with Crippen molar-refractivity contribution in [2.24, 2.45) is 0 Å².